The maximum atomic E-state index is 12.2. The van der Waals surface area contributed by atoms with E-state index in [0.717, 1.165) is 10.5 Å². The van der Waals surface area contributed by atoms with Crippen LogP contribution in [0.15, 0.2) is 58.3 Å². The van der Waals surface area contributed by atoms with E-state index in [2.05, 4.69) is 0 Å². The maximum Gasteiger partial charge on any atom is 0.116 e. The smallest absolute Gasteiger partial charge is 0.116 e. The van der Waals surface area contributed by atoms with E-state index in [9.17, 15) is 9.32 Å². The molecule has 0 aliphatic rings. The molecule has 82 valence electrons. The maximum absolute atomic E-state index is 12.2. The first kappa shape index (κ1) is 10.9. The molecule has 1 N–H and O–H groups in total. The highest BCUT2D eigenvalue weighted by Gasteiger charge is 2.07. The number of phenols is 1. The van der Waals surface area contributed by atoms with Gasteiger partial charge in [-0.15, -0.1) is 0 Å². The zero-order valence-electron chi connectivity index (χ0n) is 8.88. The monoisotopic (exact) mass is 232 g/mol. The fourth-order valence-electron chi connectivity index (χ4n) is 1.47. The van der Waals surface area contributed by atoms with Gasteiger partial charge >= 0.3 is 0 Å². The van der Waals surface area contributed by atoms with Gasteiger partial charge in [-0.2, -0.15) is 0 Å². The summed E-state index contributed by atoms with van der Waals surface area (Å²) in [5.41, 5.74) is 1.08. The van der Waals surface area contributed by atoms with E-state index in [4.69, 9.17) is 0 Å². The molecule has 0 amide bonds. The van der Waals surface area contributed by atoms with Gasteiger partial charge in [-0.25, -0.2) is 4.21 Å². The van der Waals surface area contributed by atoms with Gasteiger partial charge in [0, 0.05) is 9.79 Å². The molecule has 0 heterocycles. The van der Waals surface area contributed by atoms with Gasteiger partial charge in [0.15, 0.2) is 0 Å². The van der Waals surface area contributed by atoms with Crippen molar-refractivity contribution in [3.05, 3.63) is 54.1 Å². The number of rotatable bonds is 2. The summed E-state index contributed by atoms with van der Waals surface area (Å²) < 4.78 is 12.2. The molecule has 0 saturated heterocycles. The van der Waals surface area contributed by atoms with Gasteiger partial charge in [0.05, 0.1) is 10.8 Å². The predicted octanol–water partition coefficient (Wildman–Crippen LogP) is 2.87. The molecule has 2 rings (SSSR count). The molecule has 2 aromatic carbocycles. The zero-order valence-corrected chi connectivity index (χ0v) is 9.70. The van der Waals surface area contributed by atoms with Crippen LogP contribution >= 0.6 is 0 Å². The van der Waals surface area contributed by atoms with Crippen molar-refractivity contribution in [2.24, 2.45) is 0 Å². The molecule has 0 aromatic heterocycles. The Kier molecular flexibility index (Phi) is 3.06. The van der Waals surface area contributed by atoms with Gasteiger partial charge in [-0.05, 0) is 42.8 Å². The number of benzene rings is 2. The quantitative estimate of drug-likeness (QED) is 0.864. The Hall–Kier alpha value is -1.61. The summed E-state index contributed by atoms with van der Waals surface area (Å²) in [6.07, 6.45) is 0. The Morgan fingerprint density at radius 1 is 1.00 bits per heavy atom. The molecule has 0 aliphatic heterocycles. The lowest BCUT2D eigenvalue weighted by atomic mass is 10.2. The minimum absolute atomic E-state index is 0.138. The topological polar surface area (TPSA) is 37.3 Å². The number of phenolic OH excluding ortho intramolecular Hbond substituents is 1. The van der Waals surface area contributed by atoms with E-state index in [1.54, 1.807) is 18.2 Å². The second kappa shape index (κ2) is 4.49. The molecule has 1 atom stereocenters. The van der Waals surface area contributed by atoms with Gasteiger partial charge < -0.3 is 5.11 Å². The summed E-state index contributed by atoms with van der Waals surface area (Å²) in [4.78, 5) is 1.37. The van der Waals surface area contributed by atoms with Crippen molar-refractivity contribution in [3.63, 3.8) is 0 Å². The Morgan fingerprint density at radius 3 is 2.25 bits per heavy atom. The second-order valence-electron chi connectivity index (χ2n) is 3.58. The SMILES string of the molecule is Cc1cccc(S(=O)c2cccc(O)c2)c1. The zero-order chi connectivity index (χ0) is 11.5. The van der Waals surface area contributed by atoms with Gasteiger partial charge in [-0.3, -0.25) is 0 Å². The van der Waals surface area contributed by atoms with Crippen molar-refractivity contribution in [2.45, 2.75) is 16.7 Å². The minimum Gasteiger partial charge on any atom is -0.508 e. The van der Waals surface area contributed by atoms with Crippen molar-refractivity contribution in [2.75, 3.05) is 0 Å². The second-order valence-corrected chi connectivity index (χ2v) is 5.06. The van der Waals surface area contributed by atoms with Crippen LogP contribution < -0.4 is 0 Å². The largest absolute Gasteiger partial charge is 0.508 e. The van der Waals surface area contributed by atoms with E-state index in [-0.39, 0.29) is 5.75 Å². The average molecular weight is 232 g/mol. The highest BCUT2D eigenvalue weighted by atomic mass is 32.2. The first-order valence-electron chi connectivity index (χ1n) is 4.94. The molecule has 16 heavy (non-hydrogen) atoms. The lowest BCUT2D eigenvalue weighted by Gasteiger charge is -2.03. The molecule has 0 aliphatic carbocycles. The summed E-state index contributed by atoms with van der Waals surface area (Å²) in [7, 11) is -1.23. The van der Waals surface area contributed by atoms with Gasteiger partial charge in [-0.1, -0.05) is 18.2 Å². The number of aromatic hydroxyl groups is 1. The molecule has 2 aromatic rings. The molecule has 2 nitrogen and oxygen atoms in total. The predicted molar refractivity (Wildman–Crippen MR) is 64.0 cm³/mol. The van der Waals surface area contributed by atoms with Crippen LogP contribution in [0.4, 0.5) is 0 Å². The van der Waals surface area contributed by atoms with Crippen molar-refractivity contribution < 1.29 is 9.32 Å². The molecule has 3 heteroatoms. The third kappa shape index (κ3) is 2.31. The Bertz CT molecular complexity index is 487. The van der Waals surface area contributed by atoms with E-state index in [0.29, 0.717) is 4.90 Å². The normalized spacial score (nSPS) is 12.3. The summed E-state index contributed by atoms with van der Waals surface area (Å²) in [5.74, 6) is 0.138. The lowest BCUT2D eigenvalue weighted by Crippen LogP contribution is -1.92. The first-order chi connectivity index (χ1) is 7.66. The van der Waals surface area contributed by atoms with Crippen LogP contribution in [0.5, 0.6) is 5.75 Å². The Labute approximate surface area is 97.0 Å². The number of aryl methyl sites for hydroxylation is 1. The average Bonchev–Trinajstić information content (AvgIpc) is 2.28. The number of hydrogen-bond acceptors (Lipinski definition) is 2. The van der Waals surface area contributed by atoms with E-state index >= 15 is 0 Å². The molecular weight excluding hydrogens is 220 g/mol. The Morgan fingerprint density at radius 2 is 1.62 bits per heavy atom. The fourth-order valence-corrected chi connectivity index (χ4v) is 2.66. The summed E-state index contributed by atoms with van der Waals surface area (Å²) in [6.45, 7) is 1.96. The van der Waals surface area contributed by atoms with E-state index in [1.807, 2.05) is 31.2 Å². The third-order valence-corrected chi connectivity index (χ3v) is 3.60. The van der Waals surface area contributed by atoms with Crippen LogP contribution in [0.3, 0.4) is 0 Å². The van der Waals surface area contributed by atoms with E-state index in [1.165, 1.54) is 6.07 Å². The first-order valence-corrected chi connectivity index (χ1v) is 6.09. The van der Waals surface area contributed by atoms with Crippen molar-refractivity contribution in [3.8, 4) is 5.75 Å². The summed E-state index contributed by atoms with van der Waals surface area (Å²) >= 11 is 0. The van der Waals surface area contributed by atoms with Crippen LogP contribution in [-0.4, -0.2) is 9.32 Å². The fraction of sp³-hybridized carbons (Fsp3) is 0.0769. The van der Waals surface area contributed by atoms with Crippen molar-refractivity contribution in [1.29, 1.82) is 0 Å². The molecular formula is C13H12O2S. The highest BCUT2D eigenvalue weighted by molar-refractivity contribution is 7.85. The molecule has 1 unspecified atom stereocenters. The summed E-state index contributed by atoms with van der Waals surface area (Å²) in [5, 5.41) is 9.33. The molecule has 0 spiro atoms. The number of hydrogen-bond donors (Lipinski definition) is 1. The van der Waals surface area contributed by atoms with Crippen LogP contribution in [0.25, 0.3) is 0 Å². The van der Waals surface area contributed by atoms with Gasteiger partial charge in [0.25, 0.3) is 0 Å². The lowest BCUT2D eigenvalue weighted by molar-refractivity contribution is 0.473. The van der Waals surface area contributed by atoms with E-state index < -0.39 is 10.8 Å². The highest BCUT2D eigenvalue weighted by Crippen LogP contribution is 2.20. The summed E-state index contributed by atoms with van der Waals surface area (Å²) in [6, 6.07) is 14.1. The van der Waals surface area contributed by atoms with Crippen LogP contribution in [0, 0.1) is 6.92 Å². The third-order valence-electron chi connectivity index (χ3n) is 2.24. The molecule has 0 fully saturated rings. The minimum atomic E-state index is -1.23. The molecule has 0 bridgehead atoms. The standard InChI is InChI=1S/C13H12O2S/c1-10-4-2-6-12(8-10)16(15)13-7-3-5-11(14)9-13/h2-9,14H,1H3. The van der Waals surface area contributed by atoms with Crippen molar-refractivity contribution >= 4 is 10.8 Å². The van der Waals surface area contributed by atoms with Gasteiger partial charge in [0.2, 0.25) is 0 Å². The van der Waals surface area contributed by atoms with Gasteiger partial charge in [0.1, 0.15) is 5.75 Å². The van der Waals surface area contributed by atoms with Crippen LogP contribution in [0.1, 0.15) is 5.56 Å². The molecule has 0 saturated carbocycles. The Balaban J connectivity index is 2.39. The van der Waals surface area contributed by atoms with Crippen molar-refractivity contribution in [1.82, 2.24) is 0 Å². The van der Waals surface area contributed by atoms with Crippen LogP contribution in [-0.2, 0) is 10.8 Å². The van der Waals surface area contributed by atoms with Crippen LogP contribution in [0.2, 0.25) is 0 Å². The molecule has 0 radical (unpaired) electrons.